The van der Waals surface area contributed by atoms with Gasteiger partial charge >= 0.3 is 0 Å². The van der Waals surface area contributed by atoms with Crippen molar-refractivity contribution in [2.75, 3.05) is 31.1 Å². The molecule has 170 valence electrons. The summed E-state index contributed by atoms with van der Waals surface area (Å²) in [7, 11) is 0. The summed E-state index contributed by atoms with van der Waals surface area (Å²) >= 11 is 0. The Bertz CT molecular complexity index is 1150. The molecule has 1 aromatic carbocycles. The number of nitrogens with one attached hydrogen (secondary N) is 1. The number of benzene rings is 1. The summed E-state index contributed by atoms with van der Waals surface area (Å²) in [5.74, 6) is -1.94. The lowest BCUT2D eigenvalue weighted by Crippen LogP contribution is -2.52. The molecule has 0 bridgehead atoms. The fourth-order valence-corrected chi connectivity index (χ4v) is 4.57. The van der Waals surface area contributed by atoms with E-state index in [1.165, 1.54) is 23.4 Å². The largest absolute Gasteiger partial charge is 0.366 e. The summed E-state index contributed by atoms with van der Waals surface area (Å²) in [6.45, 7) is 1.88. The van der Waals surface area contributed by atoms with Crippen LogP contribution in [0.5, 0.6) is 0 Å². The van der Waals surface area contributed by atoms with E-state index in [9.17, 15) is 23.6 Å². The molecule has 0 radical (unpaired) electrons. The third-order valence-corrected chi connectivity index (χ3v) is 6.33. The van der Waals surface area contributed by atoms with Gasteiger partial charge in [-0.15, -0.1) is 0 Å². The van der Waals surface area contributed by atoms with Gasteiger partial charge in [0.2, 0.25) is 11.8 Å². The van der Waals surface area contributed by atoms with Gasteiger partial charge in [-0.1, -0.05) is 0 Å². The molecule has 2 aromatic rings. The lowest BCUT2D eigenvalue weighted by Gasteiger charge is -2.36. The molecule has 4 amide bonds. The smallest absolute Gasteiger partial charge is 0.255 e. The zero-order chi connectivity index (χ0) is 23.1. The van der Waals surface area contributed by atoms with Crippen molar-refractivity contribution in [3.63, 3.8) is 0 Å². The Balaban J connectivity index is 1.29. The number of piperidine rings is 1. The topological polar surface area (TPSA) is 116 Å². The Morgan fingerprint density at radius 2 is 1.88 bits per heavy atom. The first-order valence-corrected chi connectivity index (χ1v) is 10.7. The highest BCUT2D eigenvalue weighted by atomic mass is 19.1. The summed E-state index contributed by atoms with van der Waals surface area (Å²) in [4.78, 5) is 54.0. The van der Waals surface area contributed by atoms with Gasteiger partial charge < -0.3 is 14.7 Å². The van der Waals surface area contributed by atoms with Crippen LogP contribution in [0.15, 0.2) is 30.6 Å². The molecule has 3 aliphatic rings. The molecule has 10 nitrogen and oxygen atoms in total. The fourth-order valence-electron chi connectivity index (χ4n) is 4.57. The van der Waals surface area contributed by atoms with E-state index in [-0.39, 0.29) is 36.8 Å². The van der Waals surface area contributed by atoms with Gasteiger partial charge in [-0.2, -0.15) is 10.2 Å². The number of halogens is 1. The molecule has 1 atom stereocenters. The number of piperazine rings is 1. The normalized spacial score (nSPS) is 20.7. The molecule has 2 saturated heterocycles. The molecule has 5 rings (SSSR count). The maximum atomic E-state index is 15.0. The highest BCUT2D eigenvalue weighted by Gasteiger charge is 2.40. The minimum Gasteiger partial charge on any atom is -0.366 e. The molecule has 2 fully saturated rings. The summed E-state index contributed by atoms with van der Waals surface area (Å²) in [5.41, 5.74) is 1.70. The van der Waals surface area contributed by atoms with Crippen molar-refractivity contribution in [1.29, 1.82) is 0 Å². The maximum Gasteiger partial charge on any atom is 0.255 e. The minimum atomic E-state index is -0.744. The van der Waals surface area contributed by atoms with Crippen molar-refractivity contribution in [2.24, 2.45) is 0 Å². The van der Waals surface area contributed by atoms with E-state index < -0.39 is 23.7 Å². The van der Waals surface area contributed by atoms with Gasteiger partial charge in [0, 0.05) is 44.7 Å². The van der Waals surface area contributed by atoms with E-state index in [1.807, 2.05) is 4.90 Å². The summed E-state index contributed by atoms with van der Waals surface area (Å²) in [6.07, 6.45) is 3.29. The average molecular weight is 452 g/mol. The van der Waals surface area contributed by atoms with Crippen LogP contribution >= 0.6 is 0 Å². The van der Waals surface area contributed by atoms with Gasteiger partial charge in [0.15, 0.2) is 0 Å². The first-order chi connectivity index (χ1) is 15.9. The molecule has 0 aliphatic carbocycles. The zero-order valence-corrected chi connectivity index (χ0v) is 17.7. The van der Waals surface area contributed by atoms with E-state index in [0.717, 1.165) is 0 Å². The summed E-state index contributed by atoms with van der Waals surface area (Å²) in [6, 6.07) is 3.73. The number of hydrogen-bond donors (Lipinski definition) is 1. The van der Waals surface area contributed by atoms with Crippen molar-refractivity contribution in [3.8, 4) is 0 Å². The maximum absolute atomic E-state index is 15.0. The van der Waals surface area contributed by atoms with E-state index in [1.54, 1.807) is 17.0 Å². The lowest BCUT2D eigenvalue weighted by molar-refractivity contribution is -0.136. The zero-order valence-electron chi connectivity index (χ0n) is 17.7. The number of fused-ring (bicyclic) bond motifs is 1. The number of rotatable bonds is 3. The Kier molecular flexibility index (Phi) is 5.23. The molecule has 0 spiro atoms. The van der Waals surface area contributed by atoms with Gasteiger partial charge in [0.05, 0.1) is 23.6 Å². The number of nitrogens with zero attached hydrogens (tertiary/aromatic N) is 5. The molecule has 11 heteroatoms. The number of aromatic nitrogens is 2. The molecule has 1 unspecified atom stereocenters. The lowest BCUT2D eigenvalue weighted by atomic mass is 10.0. The molecule has 3 aliphatic heterocycles. The first kappa shape index (κ1) is 21.0. The third kappa shape index (κ3) is 3.79. The van der Waals surface area contributed by atoms with Gasteiger partial charge in [0.25, 0.3) is 11.8 Å². The van der Waals surface area contributed by atoms with E-state index in [4.69, 9.17) is 0 Å². The van der Waals surface area contributed by atoms with Gasteiger partial charge in [-0.3, -0.25) is 24.5 Å². The van der Waals surface area contributed by atoms with Crippen LogP contribution in [0.1, 0.15) is 39.1 Å². The summed E-state index contributed by atoms with van der Waals surface area (Å²) < 4.78 is 15.0. The summed E-state index contributed by atoms with van der Waals surface area (Å²) in [5, 5.41) is 9.67. The van der Waals surface area contributed by atoms with Crippen LogP contribution in [0.25, 0.3) is 0 Å². The van der Waals surface area contributed by atoms with Gasteiger partial charge in [-0.25, -0.2) is 4.39 Å². The standard InChI is InChI=1S/C22H21FN6O4/c23-16-10-15-14(12-29(22(15)33)17-1-2-19(30)26-20(17)31)9-18(16)27-5-7-28(8-6-27)21(32)13-3-4-24-25-11-13/h3-4,9-11,17H,1-2,5-8,12H2,(H,26,30,31). The first-order valence-electron chi connectivity index (χ1n) is 10.7. The van der Waals surface area contributed by atoms with E-state index in [2.05, 4.69) is 15.5 Å². The number of carbonyl (C=O) groups is 4. The second kappa shape index (κ2) is 8.23. The highest BCUT2D eigenvalue weighted by Crippen LogP contribution is 2.33. The average Bonchev–Trinajstić information content (AvgIpc) is 3.14. The second-order valence-electron chi connectivity index (χ2n) is 8.27. The Morgan fingerprint density at radius 3 is 2.58 bits per heavy atom. The Labute approximate surface area is 188 Å². The second-order valence-corrected chi connectivity index (χ2v) is 8.27. The quantitative estimate of drug-likeness (QED) is 0.668. The molecular formula is C22H21FN6O4. The van der Waals surface area contributed by atoms with Crippen molar-refractivity contribution < 1.29 is 23.6 Å². The molecule has 0 saturated carbocycles. The number of carbonyl (C=O) groups excluding carboxylic acids is 4. The van der Waals surface area contributed by atoms with E-state index in [0.29, 0.717) is 43.0 Å². The number of hydrogen-bond acceptors (Lipinski definition) is 7. The van der Waals surface area contributed by atoms with Crippen molar-refractivity contribution in [3.05, 3.63) is 53.1 Å². The SMILES string of the molecule is O=C1CCC(N2Cc3cc(N4CCN(C(=O)c5ccnnc5)CC4)c(F)cc3C2=O)C(=O)N1. The molecule has 1 aromatic heterocycles. The monoisotopic (exact) mass is 452 g/mol. The van der Waals surface area contributed by atoms with Crippen LogP contribution < -0.4 is 10.2 Å². The van der Waals surface area contributed by atoms with Crippen LogP contribution in [0.4, 0.5) is 10.1 Å². The predicted molar refractivity (Wildman–Crippen MR) is 113 cm³/mol. The highest BCUT2D eigenvalue weighted by molar-refractivity contribution is 6.05. The predicted octanol–water partition coefficient (Wildman–Crippen LogP) is 0.339. The van der Waals surface area contributed by atoms with Crippen molar-refractivity contribution in [1.82, 2.24) is 25.3 Å². The van der Waals surface area contributed by atoms with Crippen LogP contribution in [0.3, 0.4) is 0 Å². The minimum absolute atomic E-state index is 0.149. The molecule has 33 heavy (non-hydrogen) atoms. The fraction of sp³-hybridized carbons (Fsp3) is 0.364. The van der Waals surface area contributed by atoms with E-state index >= 15 is 0 Å². The van der Waals surface area contributed by atoms with Crippen LogP contribution in [-0.4, -0.2) is 75.8 Å². The van der Waals surface area contributed by atoms with Gasteiger partial charge in [0.1, 0.15) is 11.9 Å². The Morgan fingerprint density at radius 1 is 1.09 bits per heavy atom. The van der Waals surface area contributed by atoms with Crippen LogP contribution in [0, 0.1) is 5.82 Å². The Hall–Kier alpha value is -3.89. The molecular weight excluding hydrogens is 431 g/mol. The van der Waals surface area contributed by atoms with Crippen LogP contribution in [0.2, 0.25) is 0 Å². The molecule has 1 N–H and O–H groups in total. The number of imide groups is 1. The van der Waals surface area contributed by atoms with Crippen molar-refractivity contribution >= 4 is 29.3 Å². The van der Waals surface area contributed by atoms with Gasteiger partial charge in [-0.05, 0) is 30.2 Å². The van der Waals surface area contributed by atoms with Crippen LogP contribution in [-0.2, 0) is 16.1 Å². The number of anilines is 1. The third-order valence-electron chi connectivity index (χ3n) is 6.33. The van der Waals surface area contributed by atoms with Crippen molar-refractivity contribution in [2.45, 2.75) is 25.4 Å². The molecule has 4 heterocycles. The number of amides is 4.